The maximum atomic E-state index is 6.20. The first-order valence-corrected chi connectivity index (χ1v) is 9.45. The smallest absolute Gasteiger partial charge is 0.137 e. The van der Waals surface area contributed by atoms with Gasteiger partial charge in [0.05, 0.1) is 15.7 Å². The van der Waals surface area contributed by atoms with Crippen LogP contribution in [0.3, 0.4) is 0 Å². The molecule has 0 amide bonds. The second-order valence-corrected chi connectivity index (χ2v) is 7.11. The standard InChI is InChI=1S/C21H19Cl2N3/c22-19-9-8-16(14-20(19)23)25-21(26-12-10-24-11-13-26)18-7-3-5-15-4-1-2-6-17(15)18/h1-9,14,24H,10-13H2. The van der Waals surface area contributed by atoms with Gasteiger partial charge in [-0.25, -0.2) is 4.99 Å². The van der Waals surface area contributed by atoms with E-state index in [0.29, 0.717) is 10.0 Å². The molecule has 1 N–H and O–H groups in total. The summed E-state index contributed by atoms with van der Waals surface area (Å²) < 4.78 is 0. The van der Waals surface area contributed by atoms with Gasteiger partial charge in [-0.1, -0.05) is 65.7 Å². The second kappa shape index (κ2) is 7.67. The van der Waals surface area contributed by atoms with Crippen molar-refractivity contribution in [2.45, 2.75) is 0 Å². The van der Waals surface area contributed by atoms with Gasteiger partial charge in [0.1, 0.15) is 5.84 Å². The Kier molecular flexibility index (Phi) is 5.11. The summed E-state index contributed by atoms with van der Waals surface area (Å²) in [5.74, 6) is 0.974. The highest BCUT2D eigenvalue weighted by Crippen LogP contribution is 2.28. The lowest BCUT2D eigenvalue weighted by atomic mass is 10.0. The average molecular weight is 384 g/mol. The molecule has 1 aliphatic rings. The molecule has 132 valence electrons. The van der Waals surface area contributed by atoms with Crippen LogP contribution in [0.2, 0.25) is 10.0 Å². The number of aliphatic imine (C=N–C) groups is 1. The van der Waals surface area contributed by atoms with Crippen LogP contribution in [0.15, 0.2) is 65.7 Å². The highest BCUT2D eigenvalue weighted by molar-refractivity contribution is 6.42. The van der Waals surface area contributed by atoms with Crippen molar-refractivity contribution >= 4 is 45.5 Å². The predicted molar refractivity (Wildman–Crippen MR) is 111 cm³/mol. The van der Waals surface area contributed by atoms with Gasteiger partial charge in [0.2, 0.25) is 0 Å². The van der Waals surface area contributed by atoms with Crippen LogP contribution in [-0.2, 0) is 0 Å². The Morgan fingerprint density at radius 1 is 0.885 bits per heavy atom. The molecule has 1 fully saturated rings. The van der Waals surface area contributed by atoms with E-state index in [1.54, 1.807) is 6.07 Å². The van der Waals surface area contributed by atoms with Gasteiger partial charge in [-0.3, -0.25) is 0 Å². The molecule has 0 aliphatic carbocycles. The molecule has 4 rings (SSSR count). The Morgan fingerprint density at radius 3 is 2.46 bits per heavy atom. The third kappa shape index (κ3) is 3.56. The van der Waals surface area contributed by atoms with Gasteiger partial charge in [0, 0.05) is 31.7 Å². The first-order chi connectivity index (χ1) is 12.7. The van der Waals surface area contributed by atoms with Crippen LogP contribution >= 0.6 is 23.2 Å². The number of benzene rings is 3. The van der Waals surface area contributed by atoms with Crippen LogP contribution in [0.4, 0.5) is 5.69 Å². The molecule has 3 aromatic rings. The lowest BCUT2D eigenvalue weighted by Gasteiger charge is -2.31. The Labute approximate surface area is 163 Å². The van der Waals surface area contributed by atoms with Crippen LogP contribution in [-0.4, -0.2) is 36.9 Å². The first-order valence-electron chi connectivity index (χ1n) is 8.70. The van der Waals surface area contributed by atoms with Crippen molar-refractivity contribution in [3.05, 3.63) is 76.3 Å². The molecule has 0 aromatic heterocycles. The Hall–Kier alpha value is -2.07. The summed E-state index contributed by atoms with van der Waals surface area (Å²) in [5.41, 5.74) is 1.94. The Morgan fingerprint density at radius 2 is 1.65 bits per heavy atom. The minimum Gasteiger partial charge on any atom is -0.354 e. The predicted octanol–water partition coefficient (Wildman–Crippen LogP) is 5.13. The number of hydrogen-bond acceptors (Lipinski definition) is 2. The minimum absolute atomic E-state index is 0.519. The van der Waals surface area contributed by atoms with Crippen LogP contribution in [0, 0.1) is 0 Å². The van der Waals surface area contributed by atoms with Crippen LogP contribution in [0.5, 0.6) is 0 Å². The monoisotopic (exact) mass is 383 g/mol. The quantitative estimate of drug-likeness (QED) is 0.490. The van der Waals surface area contributed by atoms with Crippen LogP contribution < -0.4 is 5.32 Å². The molecule has 0 unspecified atom stereocenters. The van der Waals surface area contributed by atoms with Crippen molar-refractivity contribution in [3.63, 3.8) is 0 Å². The fourth-order valence-electron chi connectivity index (χ4n) is 3.28. The van der Waals surface area contributed by atoms with Gasteiger partial charge in [-0.15, -0.1) is 0 Å². The zero-order chi connectivity index (χ0) is 17.9. The van der Waals surface area contributed by atoms with Crippen molar-refractivity contribution in [1.82, 2.24) is 10.2 Å². The number of halogens is 2. The van der Waals surface area contributed by atoms with Gasteiger partial charge in [-0.2, -0.15) is 0 Å². The lowest BCUT2D eigenvalue weighted by molar-refractivity contribution is 0.358. The summed E-state index contributed by atoms with van der Waals surface area (Å²) in [6.45, 7) is 3.74. The summed E-state index contributed by atoms with van der Waals surface area (Å²) in [6.07, 6.45) is 0. The minimum atomic E-state index is 0.519. The van der Waals surface area contributed by atoms with Gasteiger partial charge in [0.15, 0.2) is 0 Å². The zero-order valence-electron chi connectivity index (χ0n) is 14.3. The topological polar surface area (TPSA) is 27.6 Å². The number of nitrogens with one attached hydrogen (secondary N) is 1. The molecule has 0 atom stereocenters. The van der Waals surface area contributed by atoms with E-state index in [1.807, 2.05) is 12.1 Å². The van der Waals surface area contributed by atoms with E-state index in [-0.39, 0.29) is 0 Å². The van der Waals surface area contributed by atoms with Crippen molar-refractivity contribution in [1.29, 1.82) is 0 Å². The molecule has 0 spiro atoms. The van der Waals surface area contributed by atoms with E-state index in [1.165, 1.54) is 10.8 Å². The molecule has 3 aromatic carbocycles. The second-order valence-electron chi connectivity index (χ2n) is 6.30. The summed E-state index contributed by atoms with van der Waals surface area (Å²) in [6, 6.07) is 20.3. The Balaban J connectivity index is 1.87. The van der Waals surface area contributed by atoms with E-state index in [0.717, 1.165) is 43.3 Å². The molecule has 0 radical (unpaired) electrons. The van der Waals surface area contributed by atoms with Gasteiger partial charge in [-0.05, 0) is 29.0 Å². The maximum absolute atomic E-state index is 6.20. The summed E-state index contributed by atoms with van der Waals surface area (Å²) in [7, 11) is 0. The number of amidine groups is 1. The molecule has 1 heterocycles. The molecule has 0 saturated carbocycles. The SMILES string of the molecule is Clc1ccc(N=C(c2cccc3ccccc23)N2CCNCC2)cc1Cl. The Bertz CT molecular complexity index is 957. The fraction of sp³-hybridized carbons (Fsp3) is 0.190. The van der Waals surface area contributed by atoms with E-state index in [9.17, 15) is 0 Å². The average Bonchev–Trinajstić information content (AvgIpc) is 2.69. The first kappa shape index (κ1) is 17.3. The van der Waals surface area contributed by atoms with Crippen molar-refractivity contribution in [2.24, 2.45) is 4.99 Å². The van der Waals surface area contributed by atoms with E-state index in [4.69, 9.17) is 28.2 Å². The summed E-state index contributed by atoms with van der Waals surface area (Å²) in [4.78, 5) is 7.31. The number of rotatable bonds is 2. The number of hydrogen-bond donors (Lipinski definition) is 1. The molecule has 3 nitrogen and oxygen atoms in total. The number of piperazine rings is 1. The molecule has 26 heavy (non-hydrogen) atoms. The molecule has 1 saturated heterocycles. The van der Waals surface area contributed by atoms with Gasteiger partial charge in [0.25, 0.3) is 0 Å². The highest BCUT2D eigenvalue weighted by atomic mass is 35.5. The van der Waals surface area contributed by atoms with Crippen LogP contribution in [0.1, 0.15) is 5.56 Å². The largest absolute Gasteiger partial charge is 0.354 e. The van der Waals surface area contributed by atoms with Crippen molar-refractivity contribution in [3.8, 4) is 0 Å². The fourth-order valence-corrected chi connectivity index (χ4v) is 3.57. The van der Waals surface area contributed by atoms with E-state index >= 15 is 0 Å². The van der Waals surface area contributed by atoms with Gasteiger partial charge < -0.3 is 10.2 Å². The lowest BCUT2D eigenvalue weighted by Crippen LogP contribution is -2.46. The highest BCUT2D eigenvalue weighted by Gasteiger charge is 2.18. The van der Waals surface area contributed by atoms with Crippen LogP contribution in [0.25, 0.3) is 10.8 Å². The van der Waals surface area contributed by atoms with Crippen molar-refractivity contribution < 1.29 is 0 Å². The van der Waals surface area contributed by atoms with Crippen molar-refractivity contribution in [2.75, 3.05) is 26.2 Å². The number of fused-ring (bicyclic) bond motifs is 1. The molecular weight excluding hydrogens is 365 g/mol. The summed E-state index contributed by atoms with van der Waals surface area (Å²) in [5, 5.41) is 6.88. The molecule has 5 heteroatoms. The van der Waals surface area contributed by atoms with E-state index < -0.39 is 0 Å². The molecule has 0 bridgehead atoms. The van der Waals surface area contributed by atoms with E-state index in [2.05, 4.69) is 52.7 Å². The maximum Gasteiger partial charge on any atom is 0.137 e. The third-order valence-electron chi connectivity index (χ3n) is 4.59. The molecule has 1 aliphatic heterocycles. The third-order valence-corrected chi connectivity index (χ3v) is 5.32. The normalized spacial score (nSPS) is 15.5. The van der Waals surface area contributed by atoms with Gasteiger partial charge >= 0.3 is 0 Å². The molecular formula is C21H19Cl2N3. The summed E-state index contributed by atoms with van der Waals surface area (Å²) >= 11 is 12.3. The zero-order valence-corrected chi connectivity index (χ0v) is 15.8. The number of nitrogens with zero attached hydrogens (tertiary/aromatic N) is 2.